The number of nitrogens with zero attached hydrogens (tertiary/aromatic N) is 2. The Morgan fingerprint density at radius 2 is 1.95 bits per heavy atom. The fourth-order valence-electron chi connectivity index (χ4n) is 1.68. The molecule has 1 N–H and O–H groups in total. The third kappa shape index (κ3) is 3.27. The zero-order valence-corrected chi connectivity index (χ0v) is 12.3. The first-order valence-corrected chi connectivity index (χ1v) is 6.90. The maximum Gasteiger partial charge on any atom is 0.275 e. The second kappa shape index (κ2) is 5.92. The molecule has 20 heavy (non-hydrogen) atoms. The maximum atomic E-state index is 10.9. The van der Waals surface area contributed by atoms with E-state index in [1.807, 2.05) is 19.1 Å². The number of pyridine rings is 1. The summed E-state index contributed by atoms with van der Waals surface area (Å²) in [6.07, 6.45) is 0. The number of benzene rings is 1. The van der Waals surface area contributed by atoms with E-state index in [1.165, 1.54) is 35.0 Å². The van der Waals surface area contributed by atoms with E-state index in [0.717, 1.165) is 4.90 Å². The summed E-state index contributed by atoms with van der Waals surface area (Å²) in [7, 11) is 1.69. The summed E-state index contributed by atoms with van der Waals surface area (Å²) >= 11 is 1.42. The van der Waals surface area contributed by atoms with Gasteiger partial charge in [-0.25, -0.2) is 4.98 Å². The fraction of sp³-hybridized carbons (Fsp3) is 0.214. The third-order valence-corrected chi connectivity index (χ3v) is 3.86. The van der Waals surface area contributed by atoms with Crippen LogP contribution in [0.2, 0.25) is 0 Å². The maximum absolute atomic E-state index is 10.9. The molecule has 104 valence electrons. The van der Waals surface area contributed by atoms with Crippen LogP contribution in [-0.2, 0) is 0 Å². The molecule has 0 aliphatic heterocycles. The van der Waals surface area contributed by atoms with Gasteiger partial charge in [0, 0.05) is 18.0 Å². The zero-order chi connectivity index (χ0) is 14.7. The highest BCUT2D eigenvalue weighted by atomic mass is 32.2. The summed E-state index contributed by atoms with van der Waals surface area (Å²) in [5.41, 5.74) is 2.45. The number of nitro groups is 1. The topological polar surface area (TPSA) is 68.1 Å². The molecule has 0 aliphatic rings. The SMILES string of the molecule is CNc1cc([N+](=O)[O-])cc(Sc2ccc(C)c(C)c2)n1. The van der Waals surface area contributed by atoms with Gasteiger partial charge in [0.1, 0.15) is 10.8 Å². The second-order valence-corrected chi connectivity index (χ2v) is 5.50. The molecule has 0 amide bonds. The smallest absolute Gasteiger partial charge is 0.275 e. The van der Waals surface area contributed by atoms with Crippen molar-refractivity contribution in [2.75, 3.05) is 12.4 Å². The van der Waals surface area contributed by atoms with Crippen molar-refractivity contribution in [2.45, 2.75) is 23.8 Å². The van der Waals surface area contributed by atoms with Gasteiger partial charge in [-0.3, -0.25) is 10.1 Å². The number of nitrogens with one attached hydrogen (secondary N) is 1. The van der Waals surface area contributed by atoms with Gasteiger partial charge >= 0.3 is 0 Å². The number of anilines is 1. The summed E-state index contributed by atoms with van der Waals surface area (Å²) in [4.78, 5) is 15.8. The summed E-state index contributed by atoms with van der Waals surface area (Å²) in [6, 6.07) is 8.99. The molecule has 0 saturated carbocycles. The number of hydrogen-bond donors (Lipinski definition) is 1. The van der Waals surface area contributed by atoms with Crippen molar-refractivity contribution in [1.82, 2.24) is 4.98 Å². The average Bonchev–Trinajstić information content (AvgIpc) is 2.42. The van der Waals surface area contributed by atoms with E-state index in [4.69, 9.17) is 0 Å². The molecule has 0 unspecified atom stereocenters. The lowest BCUT2D eigenvalue weighted by Gasteiger charge is -2.06. The molecular formula is C14H15N3O2S. The lowest BCUT2D eigenvalue weighted by atomic mass is 10.1. The first kappa shape index (κ1) is 14.3. The van der Waals surface area contributed by atoms with E-state index in [9.17, 15) is 10.1 Å². The standard InChI is InChI=1S/C14H15N3O2S/c1-9-4-5-12(6-10(9)2)20-14-8-11(17(18)19)7-13(15-3)16-14/h4-8H,1-3H3,(H,15,16). The van der Waals surface area contributed by atoms with Crippen molar-refractivity contribution >= 4 is 23.3 Å². The van der Waals surface area contributed by atoms with E-state index in [0.29, 0.717) is 10.8 Å². The Morgan fingerprint density at radius 1 is 1.20 bits per heavy atom. The van der Waals surface area contributed by atoms with Crippen molar-refractivity contribution in [1.29, 1.82) is 0 Å². The van der Waals surface area contributed by atoms with E-state index in [2.05, 4.69) is 23.3 Å². The molecule has 0 bridgehead atoms. The highest BCUT2D eigenvalue weighted by molar-refractivity contribution is 7.99. The Hall–Kier alpha value is -2.08. The van der Waals surface area contributed by atoms with Crippen LogP contribution in [0.4, 0.5) is 11.5 Å². The van der Waals surface area contributed by atoms with Crippen LogP contribution >= 0.6 is 11.8 Å². The van der Waals surface area contributed by atoms with Gasteiger partial charge in [-0.2, -0.15) is 0 Å². The molecule has 0 fully saturated rings. The van der Waals surface area contributed by atoms with Crippen molar-refractivity contribution in [3.05, 3.63) is 51.6 Å². The zero-order valence-electron chi connectivity index (χ0n) is 11.5. The molecule has 1 aromatic heterocycles. The Bertz CT molecular complexity index is 659. The molecule has 6 heteroatoms. The van der Waals surface area contributed by atoms with Crippen LogP contribution in [0.1, 0.15) is 11.1 Å². The third-order valence-electron chi connectivity index (χ3n) is 2.95. The van der Waals surface area contributed by atoms with Gasteiger partial charge < -0.3 is 5.32 Å². The predicted molar refractivity (Wildman–Crippen MR) is 80.5 cm³/mol. The number of aromatic nitrogens is 1. The predicted octanol–water partition coefficient (Wildman–Crippen LogP) is 3.80. The Labute approximate surface area is 121 Å². The molecule has 0 spiro atoms. The minimum Gasteiger partial charge on any atom is -0.373 e. The van der Waals surface area contributed by atoms with Gasteiger partial charge in [0.25, 0.3) is 5.69 Å². The van der Waals surface area contributed by atoms with Crippen LogP contribution in [-0.4, -0.2) is 17.0 Å². The Balaban J connectivity index is 2.34. The molecule has 0 radical (unpaired) electrons. The van der Waals surface area contributed by atoms with Gasteiger partial charge in [0.15, 0.2) is 0 Å². The molecule has 5 nitrogen and oxygen atoms in total. The molecular weight excluding hydrogens is 274 g/mol. The summed E-state index contributed by atoms with van der Waals surface area (Å²) < 4.78 is 0. The van der Waals surface area contributed by atoms with Crippen molar-refractivity contribution in [2.24, 2.45) is 0 Å². The van der Waals surface area contributed by atoms with E-state index in [1.54, 1.807) is 7.05 Å². The van der Waals surface area contributed by atoms with Crippen LogP contribution < -0.4 is 5.32 Å². The lowest BCUT2D eigenvalue weighted by Crippen LogP contribution is -1.96. The first-order valence-electron chi connectivity index (χ1n) is 6.09. The molecule has 2 rings (SSSR count). The highest BCUT2D eigenvalue weighted by Crippen LogP contribution is 2.31. The summed E-state index contributed by atoms with van der Waals surface area (Å²) in [5.74, 6) is 0.491. The fourth-order valence-corrected chi connectivity index (χ4v) is 2.61. The molecule has 1 heterocycles. The van der Waals surface area contributed by atoms with Crippen LogP contribution in [0.3, 0.4) is 0 Å². The van der Waals surface area contributed by atoms with E-state index < -0.39 is 4.92 Å². The minimum absolute atomic E-state index is 0.0377. The van der Waals surface area contributed by atoms with Crippen LogP contribution in [0.5, 0.6) is 0 Å². The van der Waals surface area contributed by atoms with Gasteiger partial charge in [-0.05, 0) is 37.1 Å². The molecule has 2 aromatic rings. The monoisotopic (exact) mass is 289 g/mol. The molecule has 0 aliphatic carbocycles. The molecule has 0 saturated heterocycles. The average molecular weight is 289 g/mol. The van der Waals surface area contributed by atoms with Gasteiger partial charge in [-0.15, -0.1) is 0 Å². The number of rotatable bonds is 4. The summed E-state index contributed by atoms with van der Waals surface area (Å²) in [5, 5.41) is 14.4. The van der Waals surface area contributed by atoms with Gasteiger partial charge in [0.05, 0.1) is 11.0 Å². The van der Waals surface area contributed by atoms with Gasteiger partial charge in [-0.1, -0.05) is 17.8 Å². The molecule has 0 atom stereocenters. The minimum atomic E-state index is -0.410. The summed E-state index contributed by atoms with van der Waals surface area (Å²) in [6.45, 7) is 4.09. The number of hydrogen-bond acceptors (Lipinski definition) is 5. The lowest BCUT2D eigenvalue weighted by molar-refractivity contribution is -0.385. The van der Waals surface area contributed by atoms with Crippen LogP contribution in [0, 0.1) is 24.0 Å². The first-order chi connectivity index (χ1) is 9.49. The Morgan fingerprint density at radius 3 is 2.55 bits per heavy atom. The van der Waals surface area contributed by atoms with Crippen LogP contribution in [0.25, 0.3) is 0 Å². The van der Waals surface area contributed by atoms with Crippen molar-refractivity contribution < 1.29 is 4.92 Å². The normalized spacial score (nSPS) is 10.3. The largest absolute Gasteiger partial charge is 0.373 e. The highest BCUT2D eigenvalue weighted by Gasteiger charge is 2.11. The van der Waals surface area contributed by atoms with E-state index in [-0.39, 0.29) is 5.69 Å². The van der Waals surface area contributed by atoms with Crippen molar-refractivity contribution in [3.8, 4) is 0 Å². The van der Waals surface area contributed by atoms with Crippen molar-refractivity contribution in [3.63, 3.8) is 0 Å². The van der Waals surface area contributed by atoms with Crippen LogP contribution in [0.15, 0.2) is 40.3 Å². The van der Waals surface area contributed by atoms with E-state index >= 15 is 0 Å². The second-order valence-electron chi connectivity index (χ2n) is 4.40. The molecule has 1 aromatic carbocycles. The van der Waals surface area contributed by atoms with Gasteiger partial charge in [0.2, 0.25) is 0 Å². The Kier molecular flexibility index (Phi) is 4.24. The quantitative estimate of drug-likeness (QED) is 0.685. The number of aryl methyl sites for hydroxylation is 2.